The molecule has 0 aliphatic carbocycles. The molecule has 0 fully saturated rings. The number of aryl methyl sites for hydroxylation is 1. The first-order valence-corrected chi connectivity index (χ1v) is 7.81. The van der Waals surface area contributed by atoms with Gasteiger partial charge in [0, 0.05) is 10.6 Å². The Morgan fingerprint density at radius 1 is 1.26 bits per heavy atom. The van der Waals surface area contributed by atoms with Crippen LogP contribution < -0.4 is 10.5 Å². The lowest BCUT2D eigenvalue weighted by molar-refractivity contribution is -0.146. The van der Waals surface area contributed by atoms with Gasteiger partial charge in [0.05, 0.1) is 4.47 Å². The van der Waals surface area contributed by atoms with Gasteiger partial charge in [-0.1, -0.05) is 22.8 Å². The molecule has 0 saturated carbocycles. The molecule has 2 aromatic rings. The zero-order chi connectivity index (χ0) is 16.8. The zero-order valence-electron chi connectivity index (χ0n) is 12.3. The minimum Gasteiger partial charge on any atom is -0.481 e. The average Bonchev–Trinajstić information content (AvgIpc) is 2.52. The number of halogens is 2. The molecule has 5 nitrogen and oxygen atoms in total. The molecule has 0 spiro atoms. The maximum Gasteiger partial charge on any atom is 0.372 e. The van der Waals surface area contributed by atoms with E-state index in [0.717, 1.165) is 10.0 Å². The fourth-order valence-electron chi connectivity index (χ4n) is 1.66. The van der Waals surface area contributed by atoms with Crippen molar-refractivity contribution in [3.05, 3.63) is 63.1 Å². The summed E-state index contributed by atoms with van der Waals surface area (Å²) < 4.78 is 6.12. The Kier molecular flexibility index (Phi) is 6.01. The van der Waals surface area contributed by atoms with Gasteiger partial charge in [0.15, 0.2) is 12.4 Å². The lowest BCUT2D eigenvalue weighted by Crippen LogP contribution is -2.18. The second-order valence-corrected chi connectivity index (χ2v) is 5.96. The van der Waals surface area contributed by atoms with Crippen LogP contribution in [0.25, 0.3) is 0 Å². The van der Waals surface area contributed by atoms with Crippen molar-refractivity contribution in [3.63, 3.8) is 0 Å². The second-order valence-electron chi connectivity index (χ2n) is 4.67. The molecular weight excluding hydrogens is 384 g/mol. The van der Waals surface area contributed by atoms with Crippen molar-refractivity contribution in [3.8, 4) is 5.75 Å². The highest BCUT2D eigenvalue weighted by atomic mass is 79.9. The first kappa shape index (κ1) is 17.3. The summed E-state index contributed by atoms with van der Waals surface area (Å²) in [6.45, 7) is 1.68. The highest BCUT2D eigenvalue weighted by molar-refractivity contribution is 9.10. The van der Waals surface area contributed by atoms with E-state index in [4.69, 9.17) is 26.9 Å². The summed E-state index contributed by atoms with van der Waals surface area (Å²) >= 11 is 9.14. The van der Waals surface area contributed by atoms with Gasteiger partial charge in [-0.25, -0.2) is 4.79 Å². The summed E-state index contributed by atoms with van der Waals surface area (Å²) in [4.78, 5) is 16.4. The molecule has 0 radical (unpaired) electrons. The molecular formula is C16H14BrClN2O3. The van der Waals surface area contributed by atoms with Gasteiger partial charge >= 0.3 is 5.97 Å². The van der Waals surface area contributed by atoms with Crippen LogP contribution >= 0.6 is 27.5 Å². The summed E-state index contributed by atoms with van der Waals surface area (Å²) in [6.07, 6.45) is 0. The zero-order valence-corrected chi connectivity index (χ0v) is 14.6. The van der Waals surface area contributed by atoms with E-state index in [9.17, 15) is 4.79 Å². The number of nitrogens with zero attached hydrogens (tertiary/aromatic N) is 1. The largest absolute Gasteiger partial charge is 0.481 e. The Labute approximate surface area is 147 Å². The third-order valence-electron chi connectivity index (χ3n) is 2.82. The molecule has 0 saturated heterocycles. The maximum absolute atomic E-state index is 11.6. The Bertz CT molecular complexity index is 733. The van der Waals surface area contributed by atoms with Crippen LogP contribution in [0.15, 0.2) is 52.1 Å². The van der Waals surface area contributed by atoms with E-state index in [1.54, 1.807) is 30.3 Å². The monoisotopic (exact) mass is 396 g/mol. The summed E-state index contributed by atoms with van der Waals surface area (Å²) in [5, 5.41) is 4.16. The van der Waals surface area contributed by atoms with Crippen LogP contribution in [0.5, 0.6) is 5.75 Å². The Morgan fingerprint density at radius 3 is 2.61 bits per heavy atom. The van der Waals surface area contributed by atoms with Crippen LogP contribution in [0.1, 0.15) is 11.1 Å². The summed E-state index contributed by atoms with van der Waals surface area (Å²) in [5.74, 6) is -0.0388. The van der Waals surface area contributed by atoms with Crippen molar-refractivity contribution in [2.24, 2.45) is 10.9 Å². The second kappa shape index (κ2) is 7.99. The van der Waals surface area contributed by atoms with Crippen LogP contribution in [0.2, 0.25) is 5.02 Å². The van der Waals surface area contributed by atoms with Crippen LogP contribution in [0, 0.1) is 6.92 Å². The third-order valence-corrected chi connectivity index (χ3v) is 3.69. The van der Waals surface area contributed by atoms with Gasteiger partial charge in [-0.15, -0.1) is 0 Å². The normalized spacial score (nSPS) is 11.2. The quantitative estimate of drug-likeness (QED) is 0.362. The number of carbonyl (C=O) groups excluding carboxylic acids is 1. The van der Waals surface area contributed by atoms with Gasteiger partial charge < -0.3 is 15.3 Å². The number of benzene rings is 2. The molecule has 23 heavy (non-hydrogen) atoms. The van der Waals surface area contributed by atoms with E-state index < -0.39 is 5.97 Å². The number of amidine groups is 1. The molecule has 0 aliphatic heterocycles. The van der Waals surface area contributed by atoms with Crippen molar-refractivity contribution in [2.75, 3.05) is 6.61 Å². The molecule has 0 bridgehead atoms. The number of carbonyl (C=O) groups is 1. The van der Waals surface area contributed by atoms with Gasteiger partial charge in [-0.05, 0) is 64.8 Å². The number of hydrogen-bond acceptors (Lipinski definition) is 4. The molecule has 2 N–H and O–H groups in total. The topological polar surface area (TPSA) is 73.9 Å². The highest BCUT2D eigenvalue weighted by Gasteiger charge is 2.08. The van der Waals surface area contributed by atoms with Gasteiger partial charge in [-0.2, -0.15) is 0 Å². The number of oxime groups is 1. The van der Waals surface area contributed by atoms with Crippen molar-refractivity contribution < 1.29 is 14.4 Å². The molecule has 0 aromatic heterocycles. The minimum absolute atomic E-state index is 0.0755. The van der Waals surface area contributed by atoms with Gasteiger partial charge in [-0.3, -0.25) is 0 Å². The van der Waals surface area contributed by atoms with Crippen molar-refractivity contribution in [1.29, 1.82) is 0 Å². The molecule has 0 heterocycles. The van der Waals surface area contributed by atoms with Crippen LogP contribution in [0.3, 0.4) is 0 Å². The van der Waals surface area contributed by atoms with Gasteiger partial charge in [0.25, 0.3) is 0 Å². The van der Waals surface area contributed by atoms with Gasteiger partial charge in [0.2, 0.25) is 0 Å². The maximum atomic E-state index is 11.6. The molecule has 120 valence electrons. The van der Waals surface area contributed by atoms with Crippen molar-refractivity contribution >= 4 is 39.3 Å². The highest BCUT2D eigenvalue weighted by Crippen LogP contribution is 2.25. The number of nitrogens with two attached hydrogens (primary N) is 1. The molecule has 0 amide bonds. The Balaban J connectivity index is 1.89. The lowest BCUT2D eigenvalue weighted by Gasteiger charge is -2.07. The molecule has 0 unspecified atom stereocenters. The smallest absolute Gasteiger partial charge is 0.372 e. The predicted molar refractivity (Wildman–Crippen MR) is 92.6 cm³/mol. The van der Waals surface area contributed by atoms with Crippen LogP contribution in [-0.4, -0.2) is 18.4 Å². The fraction of sp³-hybridized carbons (Fsp3) is 0.125. The minimum atomic E-state index is -0.658. The predicted octanol–water partition coefficient (Wildman–Crippen LogP) is 3.65. The van der Waals surface area contributed by atoms with Crippen LogP contribution in [-0.2, 0) is 9.63 Å². The molecule has 0 aliphatic rings. The SMILES string of the molecule is Cc1ccc(OCC(=O)O/N=C(/N)c2ccc(Cl)cc2)c(Br)c1. The molecule has 0 atom stereocenters. The van der Waals surface area contributed by atoms with E-state index in [2.05, 4.69) is 21.1 Å². The van der Waals surface area contributed by atoms with E-state index in [-0.39, 0.29) is 12.4 Å². The molecule has 2 rings (SSSR count). The third kappa shape index (κ3) is 5.26. The molecule has 7 heteroatoms. The Hall–Kier alpha value is -2.05. The van der Waals surface area contributed by atoms with Crippen molar-refractivity contribution in [2.45, 2.75) is 6.92 Å². The summed E-state index contributed by atoms with van der Waals surface area (Å²) in [5.41, 5.74) is 7.40. The number of hydrogen-bond donors (Lipinski definition) is 1. The fourth-order valence-corrected chi connectivity index (χ4v) is 2.39. The molecule has 2 aromatic carbocycles. The first-order valence-electron chi connectivity index (χ1n) is 6.64. The number of rotatable bonds is 5. The van der Waals surface area contributed by atoms with E-state index >= 15 is 0 Å². The van der Waals surface area contributed by atoms with Gasteiger partial charge in [0.1, 0.15) is 5.75 Å². The summed E-state index contributed by atoms with van der Waals surface area (Å²) in [7, 11) is 0. The van der Waals surface area contributed by atoms with E-state index in [1.807, 2.05) is 19.1 Å². The Morgan fingerprint density at radius 2 is 1.96 bits per heavy atom. The van der Waals surface area contributed by atoms with Crippen LogP contribution in [0.4, 0.5) is 0 Å². The van der Waals surface area contributed by atoms with E-state index in [1.165, 1.54) is 0 Å². The summed E-state index contributed by atoms with van der Waals surface area (Å²) in [6, 6.07) is 12.2. The standard InChI is InChI=1S/C16H14BrClN2O3/c1-10-2-7-14(13(17)8-10)22-9-15(21)23-20-16(19)11-3-5-12(18)6-4-11/h2-8H,9H2,1H3,(H2,19,20). The first-order chi connectivity index (χ1) is 11.0. The number of ether oxygens (including phenoxy) is 1. The van der Waals surface area contributed by atoms with Crippen molar-refractivity contribution in [1.82, 2.24) is 0 Å². The average molecular weight is 398 g/mol. The van der Waals surface area contributed by atoms with E-state index in [0.29, 0.717) is 16.3 Å². The lowest BCUT2D eigenvalue weighted by atomic mass is 10.2.